The van der Waals surface area contributed by atoms with E-state index < -0.39 is 5.97 Å². The summed E-state index contributed by atoms with van der Waals surface area (Å²) in [5.74, 6) is 0.911. The number of fused-ring (bicyclic) bond motifs is 5. The predicted octanol–water partition coefficient (Wildman–Crippen LogP) is 3.83. The van der Waals surface area contributed by atoms with Crippen molar-refractivity contribution in [2.75, 3.05) is 66.7 Å². The molecule has 0 aliphatic carbocycles. The number of nitrogens with zero attached hydrogens (tertiary/aromatic N) is 3. The standard InChI is InChI=1S/C31H43N5O5/c1-38-28-21-25-22-29(30(28)39-2)40-19-6-11-26(34-33-23-27(32)24-9-4-3-5-10-24)12-16-36-14-7-13-35(17-18-36)15-8-20-41-31(25)37/h3-5,9-10,21-23,26,32,34H,6-8,11-20H2,1-2H3/b32-27?,33-23-. The highest BCUT2D eigenvalue weighted by molar-refractivity contribution is 6.36. The Balaban J connectivity index is 1.47. The van der Waals surface area contributed by atoms with Crippen LogP contribution in [0.2, 0.25) is 0 Å². The van der Waals surface area contributed by atoms with Crippen LogP contribution < -0.4 is 19.6 Å². The zero-order chi connectivity index (χ0) is 28.9. The molecule has 2 aliphatic heterocycles. The Kier molecular flexibility index (Phi) is 11.8. The molecule has 0 amide bonds. The van der Waals surface area contributed by atoms with E-state index in [4.69, 9.17) is 24.4 Å². The highest BCUT2D eigenvalue weighted by Crippen LogP contribution is 2.38. The molecule has 4 rings (SSSR count). The van der Waals surface area contributed by atoms with E-state index in [1.54, 1.807) is 25.5 Å². The molecule has 222 valence electrons. The van der Waals surface area contributed by atoms with Gasteiger partial charge in [0.15, 0.2) is 11.5 Å². The van der Waals surface area contributed by atoms with E-state index in [2.05, 4.69) is 20.3 Å². The maximum atomic E-state index is 12.8. The van der Waals surface area contributed by atoms with Gasteiger partial charge in [0.25, 0.3) is 0 Å². The SMILES string of the molecule is COc1cc2cc(c1OC)OCCCC(N/N=C\C(=N)c1ccccc1)CCN1CCCN(CCCOC2=O)CC1. The number of hydrogen-bond donors (Lipinski definition) is 2. The molecule has 0 saturated carbocycles. The fraction of sp³-hybridized carbons (Fsp3) is 0.516. The molecular formula is C31H43N5O5. The van der Waals surface area contributed by atoms with Crippen LogP contribution in [-0.4, -0.2) is 100 Å². The van der Waals surface area contributed by atoms with Crippen LogP contribution in [0.25, 0.3) is 0 Å². The number of esters is 1. The Hall–Kier alpha value is -3.63. The Morgan fingerprint density at radius 2 is 1.66 bits per heavy atom. The topological polar surface area (TPSA) is 109 Å². The van der Waals surface area contributed by atoms with Crippen molar-refractivity contribution in [3.05, 3.63) is 53.6 Å². The molecule has 4 bridgehead atoms. The summed E-state index contributed by atoms with van der Waals surface area (Å²) in [5, 5.41) is 12.8. The van der Waals surface area contributed by atoms with Crippen molar-refractivity contribution in [2.45, 2.75) is 38.1 Å². The molecule has 1 fully saturated rings. The molecule has 10 heteroatoms. The van der Waals surface area contributed by atoms with Crippen molar-refractivity contribution in [2.24, 2.45) is 5.10 Å². The van der Waals surface area contributed by atoms with Gasteiger partial charge in [-0.3, -0.25) is 5.41 Å². The van der Waals surface area contributed by atoms with Crippen LogP contribution in [0.5, 0.6) is 17.2 Å². The van der Waals surface area contributed by atoms with Crippen LogP contribution in [0.3, 0.4) is 0 Å². The highest BCUT2D eigenvalue weighted by atomic mass is 16.5. The monoisotopic (exact) mass is 565 g/mol. The van der Waals surface area contributed by atoms with Crippen molar-refractivity contribution in [1.29, 1.82) is 5.41 Å². The lowest BCUT2D eigenvalue weighted by Gasteiger charge is -2.24. The summed E-state index contributed by atoms with van der Waals surface area (Å²) in [7, 11) is 3.09. The molecule has 0 spiro atoms. The second-order valence-electron chi connectivity index (χ2n) is 10.4. The van der Waals surface area contributed by atoms with Crippen LogP contribution in [0.4, 0.5) is 0 Å². The fourth-order valence-electron chi connectivity index (χ4n) is 5.19. The van der Waals surface area contributed by atoms with Crippen molar-refractivity contribution >= 4 is 17.9 Å². The molecule has 2 aromatic rings. The first-order valence-electron chi connectivity index (χ1n) is 14.5. The minimum absolute atomic E-state index is 0.123. The number of carbonyl (C=O) groups excluding carboxylic acids is 1. The minimum Gasteiger partial charge on any atom is -0.493 e. The van der Waals surface area contributed by atoms with E-state index in [-0.39, 0.29) is 6.04 Å². The first kappa shape index (κ1) is 30.3. The largest absolute Gasteiger partial charge is 0.493 e. The molecule has 10 nitrogen and oxygen atoms in total. The number of nitrogens with one attached hydrogen (secondary N) is 2. The van der Waals surface area contributed by atoms with Crippen molar-refractivity contribution in [1.82, 2.24) is 15.2 Å². The number of ether oxygens (including phenoxy) is 4. The van der Waals surface area contributed by atoms with E-state index in [0.717, 1.165) is 76.9 Å². The fourth-order valence-corrected chi connectivity index (χ4v) is 5.19. The zero-order valence-corrected chi connectivity index (χ0v) is 24.3. The Labute approximate surface area is 243 Å². The van der Waals surface area contributed by atoms with Gasteiger partial charge in [0, 0.05) is 37.8 Å². The van der Waals surface area contributed by atoms with Gasteiger partial charge in [0.05, 0.1) is 44.9 Å². The molecule has 41 heavy (non-hydrogen) atoms. The molecule has 2 heterocycles. The molecule has 2 N–H and O–H groups in total. The van der Waals surface area contributed by atoms with Gasteiger partial charge in [-0.05, 0) is 57.3 Å². The molecular weight excluding hydrogens is 522 g/mol. The average molecular weight is 566 g/mol. The Morgan fingerprint density at radius 1 is 0.927 bits per heavy atom. The van der Waals surface area contributed by atoms with Gasteiger partial charge in [-0.1, -0.05) is 30.3 Å². The second-order valence-corrected chi connectivity index (χ2v) is 10.4. The summed E-state index contributed by atoms with van der Waals surface area (Å²) in [4.78, 5) is 17.8. The lowest BCUT2D eigenvalue weighted by Crippen LogP contribution is -2.35. The quantitative estimate of drug-likeness (QED) is 0.309. The third-order valence-electron chi connectivity index (χ3n) is 7.50. The van der Waals surface area contributed by atoms with Gasteiger partial charge in [-0.15, -0.1) is 0 Å². The van der Waals surface area contributed by atoms with Crippen LogP contribution in [-0.2, 0) is 4.74 Å². The summed E-state index contributed by atoms with van der Waals surface area (Å²) in [5.41, 5.74) is 4.87. The first-order valence-corrected chi connectivity index (χ1v) is 14.5. The third kappa shape index (κ3) is 9.19. The van der Waals surface area contributed by atoms with Crippen LogP contribution in [0.1, 0.15) is 48.0 Å². The first-order chi connectivity index (χ1) is 20.1. The number of benzene rings is 2. The number of rotatable bonds is 6. The zero-order valence-electron chi connectivity index (χ0n) is 24.3. The smallest absolute Gasteiger partial charge is 0.338 e. The molecule has 3 unspecified atom stereocenters. The number of carbonyl (C=O) groups is 1. The Bertz CT molecular complexity index is 1160. The van der Waals surface area contributed by atoms with E-state index in [1.165, 1.54) is 7.11 Å². The maximum absolute atomic E-state index is 12.8. The molecule has 2 aliphatic rings. The molecule has 0 radical (unpaired) electrons. The highest BCUT2D eigenvalue weighted by Gasteiger charge is 2.20. The predicted molar refractivity (Wildman–Crippen MR) is 160 cm³/mol. The van der Waals surface area contributed by atoms with Crippen LogP contribution in [0, 0.1) is 5.41 Å². The normalized spacial score (nSPS) is 22.8. The number of hydrazone groups is 1. The van der Waals surface area contributed by atoms with Crippen molar-refractivity contribution in [3.8, 4) is 17.2 Å². The molecule has 0 aromatic heterocycles. The second kappa shape index (κ2) is 16.0. The Morgan fingerprint density at radius 3 is 2.41 bits per heavy atom. The van der Waals surface area contributed by atoms with Gasteiger partial charge in [-0.2, -0.15) is 5.10 Å². The number of methoxy groups -OCH3 is 2. The number of hydrogen-bond acceptors (Lipinski definition) is 10. The summed E-state index contributed by atoms with van der Waals surface area (Å²) in [6.45, 7) is 6.80. The maximum Gasteiger partial charge on any atom is 0.338 e. The summed E-state index contributed by atoms with van der Waals surface area (Å²) in [6.07, 6.45) is 6.00. The van der Waals surface area contributed by atoms with Crippen LogP contribution in [0.15, 0.2) is 47.6 Å². The summed E-state index contributed by atoms with van der Waals surface area (Å²) < 4.78 is 22.7. The molecule has 1 saturated heterocycles. The number of cyclic esters (lactones) is 1. The molecule has 2 aromatic carbocycles. The van der Waals surface area contributed by atoms with Crippen molar-refractivity contribution < 1.29 is 23.7 Å². The lowest BCUT2D eigenvalue weighted by atomic mass is 10.1. The van der Waals surface area contributed by atoms with Gasteiger partial charge in [0.2, 0.25) is 5.75 Å². The van der Waals surface area contributed by atoms with E-state index in [1.807, 2.05) is 30.3 Å². The van der Waals surface area contributed by atoms with Gasteiger partial charge in [0.1, 0.15) is 0 Å². The van der Waals surface area contributed by atoms with E-state index in [0.29, 0.717) is 41.7 Å². The lowest BCUT2D eigenvalue weighted by molar-refractivity contribution is 0.0487. The van der Waals surface area contributed by atoms with Gasteiger partial charge < -0.3 is 34.2 Å². The van der Waals surface area contributed by atoms with Gasteiger partial charge in [-0.25, -0.2) is 4.79 Å². The van der Waals surface area contributed by atoms with Crippen LogP contribution >= 0.6 is 0 Å². The summed E-state index contributed by atoms with van der Waals surface area (Å²) >= 11 is 0. The third-order valence-corrected chi connectivity index (χ3v) is 7.50. The van der Waals surface area contributed by atoms with E-state index in [9.17, 15) is 4.79 Å². The average Bonchev–Trinajstić information content (AvgIpc) is 3.24. The van der Waals surface area contributed by atoms with E-state index >= 15 is 0 Å². The minimum atomic E-state index is -0.404. The van der Waals surface area contributed by atoms with Crippen molar-refractivity contribution in [3.63, 3.8) is 0 Å². The molecule has 3 atom stereocenters. The summed E-state index contributed by atoms with van der Waals surface area (Å²) in [6, 6.07) is 13.0. The van der Waals surface area contributed by atoms with Gasteiger partial charge >= 0.3 is 5.97 Å².